The normalized spacial score (nSPS) is 37.3. The maximum absolute atomic E-state index is 5.75. The van der Waals surface area contributed by atoms with Crippen molar-refractivity contribution >= 4 is 11.8 Å². The van der Waals surface area contributed by atoms with Crippen LogP contribution in [0.1, 0.15) is 40.0 Å². The van der Waals surface area contributed by atoms with Crippen LogP contribution in [0.4, 0.5) is 0 Å². The molecule has 0 aromatic heterocycles. The topological polar surface area (TPSA) is 21.3 Å². The Hall–Kier alpha value is 0.270. The second-order valence-corrected chi connectivity index (χ2v) is 7.01. The van der Waals surface area contributed by atoms with Gasteiger partial charge in [-0.2, -0.15) is 11.8 Å². The summed E-state index contributed by atoms with van der Waals surface area (Å²) in [5.74, 6) is 1.36. The first-order valence-electron chi connectivity index (χ1n) is 6.61. The minimum absolute atomic E-state index is 0.319. The van der Waals surface area contributed by atoms with Gasteiger partial charge < -0.3 is 10.1 Å². The van der Waals surface area contributed by atoms with Crippen molar-refractivity contribution < 1.29 is 4.74 Å². The van der Waals surface area contributed by atoms with Crippen LogP contribution in [0.2, 0.25) is 0 Å². The molecule has 0 radical (unpaired) electrons. The van der Waals surface area contributed by atoms with Crippen LogP contribution in [0.15, 0.2) is 0 Å². The summed E-state index contributed by atoms with van der Waals surface area (Å²) in [4.78, 5) is 0. The van der Waals surface area contributed by atoms with Gasteiger partial charge in [0, 0.05) is 29.9 Å². The molecule has 1 N–H and O–H groups in total. The molecule has 94 valence electrons. The van der Waals surface area contributed by atoms with E-state index in [0.29, 0.717) is 17.6 Å². The highest BCUT2D eigenvalue weighted by Crippen LogP contribution is 2.42. The van der Waals surface area contributed by atoms with E-state index in [2.05, 4.69) is 37.8 Å². The highest BCUT2D eigenvalue weighted by molar-refractivity contribution is 8.00. The Morgan fingerprint density at radius 2 is 2.25 bits per heavy atom. The minimum Gasteiger partial charge on any atom is -0.378 e. The Labute approximate surface area is 104 Å². The van der Waals surface area contributed by atoms with E-state index < -0.39 is 0 Å². The summed E-state index contributed by atoms with van der Waals surface area (Å²) in [5, 5.41) is 4.60. The largest absolute Gasteiger partial charge is 0.378 e. The minimum atomic E-state index is 0.319. The van der Waals surface area contributed by atoms with Gasteiger partial charge in [-0.3, -0.25) is 0 Å². The number of hydrogen-bond donors (Lipinski definition) is 1. The molecule has 2 rings (SSSR count). The van der Waals surface area contributed by atoms with Crippen LogP contribution in [0.25, 0.3) is 0 Å². The van der Waals surface area contributed by atoms with Crippen molar-refractivity contribution in [2.24, 2.45) is 5.41 Å². The maximum Gasteiger partial charge on any atom is 0.0655 e. The molecule has 1 saturated heterocycles. The van der Waals surface area contributed by atoms with Gasteiger partial charge in [0.15, 0.2) is 0 Å². The highest BCUT2D eigenvalue weighted by Gasteiger charge is 2.48. The molecule has 2 nitrogen and oxygen atoms in total. The van der Waals surface area contributed by atoms with E-state index in [1.165, 1.54) is 31.6 Å². The molecule has 1 heterocycles. The molecule has 16 heavy (non-hydrogen) atoms. The molecular weight excluding hydrogens is 218 g/mol. The number of rotatable bonds is 5. The van der Waals surface area contributed by atoms with E-state index in [1.54, 1.807) is 0 Å². The molecule has 2 fully saturated rings. The lowest BCUT2D eigenvalue weighted by Gasteiger charge is -2.52. The lowest BCUT2D eigenvalue weighted by atomic mass is 9.64. The Bertz CT molecular complexity index is 226. The van der Waals surface area contributed by atoms with Crippen molar-refractivity contribution in [3.05, 3.63) is 0 Å². The lowest BCUT2D eigenvalue weighted by molar-refractivity contribution is -0.113. The van der Waals surface area contributed by atoms with E-state index in [0.717, 1.165) is 11.9 Å². The number of thioether (sulfide) groups is 1. The standard InChI is InChI=1S/C13H25NOS/c1-4-15-12-8-11(13(12,2)3)14-9-10-6-5-7-16-10/h10-12,14H,4-9H2,1-3H3. The summed E-state index contributed by atoms with van der Waals surface area (Å²) >= 11 is 2.14. The second-order valence-electron chi connectivity index (χ2n) is 5.60. The molecular formula is C13H25NOS. The lowest BCUT2D eigenvalue weighted by Crippen LogP contribution is -2.61. The van der Waals surface area contributed by atoms with E-state index in [1.807, 2.05) is 0 Å². The molecule has 0 spiro atoms. The molecule has 0 aromatic rings. The predicted octanol–water partition coefficient (Wildman–Crippen LogP) is 2.68. The molecule has 0 amide bonds. The fourth-order valence-electron chi connectivity index (χ4n) is 2.79. The third kappa shape index (κ3) is 2.57. The Kier molecular flexibility index (Phi) is 4.20. The first kappa shape index (κ1) is 12.7. The monoisotopic (exact) mass is 243 g/mol. The van der Waals surface area contributed by atoms with Crippen LogP contribution in [0, 0.1) is 5.41 Å². The molecule has 0 bridgehead atoms. The second kappa shape index (κ2) is 5.28. The summed E-state index contributed by atoms with van der Waals surface area (Å²) in [6.07, 6.45) is 4.47. The van der Waals surface area contributed by atoms with Gasteiger partial charge in [0.05, 0.1) is 6.10 Å². The van der Waals surface area contributed by atoms with Crippen LogP contribution < -0.4 is 5.32 Å². The summed E-state index contributed by atoms with van der Waals surface area (Å²) in [6, 6.07) is 0.658. The summed E-state index contributed by atoms with van der Waals surface area (Å²) < 4.78 is 5.75. The van der Waals surface area contributed by atoms with Crippen LogP contribution >= 0.6 is 11.8 Å². The van der Waals surface area contributed by atoms with Crippen LogP contribution in [0.5, 0.6) is 0 Å². The fraction of sp³-hybridized carbons (Fsp3) is 1.00. The fourth-order valence-corrected chi connectivity index (χ4v) is 4.01. The molecule has 2 aliphatic rings. The quantitative estimate of drug-likeness (QED) is 0.802. The zero-order valence-corrected chi connectivity index (χ0v) is 11.6. The van der Waals surface area contributed by atoms with Gasteiger partial charge in [0.25, 0.3) is 0 Å². The van der Waals surface area contributed by atoms with Crippen molar-refractivity contribution in [2.75, 3.05) is 18.9 Å². The first-order chi connectivity index (χ1) is 7.64. The third-order valence-corrected chi connectivity index (χ3v) is 5.56. The number of hydrogen-bond acceptors (Lipinski definition) is 3. The average molecular weight is 243 g/mol. The summed E-state index contributed by atoms with van der Waals surface area (Å²) in [7, 11) is 0. The molecule has 1 aliphatic heterocycles. The first-order valence-corrected chi connectivity index (χ1v) is 7.66. The van der Waals surface area contributed by atoms with Crippen LogP contribution in [-0.4, -0.2) is 36.3 Å². The summed E-state index contributed by atoms with van der Waals surface area (Å²) in [6.45, 7) is 8.79. The zero-order valence-electron chi connectivity index (χ0n) is 10.8. The van der Waals surface area contributed by atoms with E-state index >= 15 is 0 Å². The van der Waals surface area contributed by atoms with Gasteiger partial charge in [-0.25, -0.2) is 0 Å². The van der Waals surface area contributed by atoms with Crippen molar-refractivity contribution in [3.8, 4) is 0 Å². The van der Waals surface area contributed by atoms with Gasteiger partial charge in [0.1, 0.15) is 0 Å². The molecule has 1 saturated carbocycles. The molecule has 1 aliphatic carbocycles. The molecule has 0 aromatic carbocycles. The summed E-state index contributed by atoms with van der Waals surface area (Å²) in [5.41, 5.74) is 0.319. The van der Waals surface area contributed by atoms with Crippen molar-refractivity contribution in [3.63, 3.8) is 0 Å². The predicted molar refractivity (Wildman–Crippen MR) is 71.1 cm³/mol. The van der Waals surface area contributed by atoms with Gasteiger partial charge in [-0.15, -0.1) is 0 Å². The number of nitrogens with one attached hydrogen (secondary N) is 1. The zero-order chi connectivity index (χ0) is 11.6. The van der Waals surface area contributed by atoms with Crippen molar-refractivity contribution in [1.82, 2.24) is 5.32 Å². The SMILES string of the molecule is CCOC1CC(NCC2CCCS2)C1(C)C. The molecule has 3 atom stereocenters. The van der Waals surface area contributed by atoms with Crippen molar-refractivity contribution in [2.45, 2.75) is 57.4 Å². The van der Waals surface area contributed by atoms with E-state index in [9.17, 15) is 0 Å². The molecule has 3 unspecified atom stereocenters. The Morgan fingerprint density at radius 1 is 1.44 bits per heavy atom. The highest BCUT2D eigenvalue weighted by atomic mass is 32.2. The third-order valence-electron chi connectivity index (χ3n) is 4.16. The maximum atomic E-state index is 5.75. The van der Waals surface area contributed by atoms with Gasteiger partial charge in [-0.05, 0) is 31.9 Å². The Morgan fingerprint density at radius 3 is 2.81 bits per heavy atom. The van der Waals surface area contributed by atoms with Crippen LogP contribution in [-0.2, 0) is 4.74 Å². The number of ether oxygens (including phenoxy) is 1. The van der Waals surface area contributed by atoms with E-state index in [4.69, 9.17) is 4.74 Å². The molecule has 3 heteroatoms. The van der Waals surface area contributed by atoms with Gasteiger partial charge >= 0.3 is 0 Å². The van der Waals surface area contributed by atoms with Gasteiger partial charge in [-0.1, -0.05) is 13.8 Å². The van der Waals surface area contributed by atoms with Crippen molar-refractivity contribution in [1.29, 1.82) is 0 Å². The van der Waals surface area contributed by atoms with Crippen LogP contribution in [0.3, 0.4) is 0 Å². The Balaban J connectivity index is 1.71. The average Bonchev–Trinajstić information content (AvgIpc) is 2.75. The van der Waals surface area contributed by atoms with Gasteiger partial charge in [0.2, 0.25) is 0 Å². The van der Waals surface area contributed by atoms with E-state index in [-0.39, 0.29) is 0 Å². The smallest absolute Gasteiger partial charge is 0.0655 e.